The maximum absolute atomic E-state index is 5.87. The fraction of sp³-hybridized carbons (Fsp3) is 0.400. The summed E-state index contributed by atoms with van der Waals surface area (Å²) in [7, 11) is 8.01. The van der Waals surface area contributed by atoms with Crippen molar-refractivity contribution in [1.82, 2.24) is 4.90 Å². The number of likely N-dealkylation sites (N-methyl/N-ethyl adjacent to an activating group) is 1. The number of fused-ring (bicyclic) bond motifs is 1. The van der Waals surface area contributed by atoms with E-state index in [9.17, 15) is 0 Å². The monoisotopic (exact) mass is 157 g/mol. The second kappa shape index (κ2) is 2.94. The molecule has 0 aliphatic carbocycles. The Bertz CT molecular complexity index is 296. The molecule has 0 unspecified atom stereocenters. The molecule has 1 aromatic carbocycles. The molecule has 1 aliphatic heterocycles. The van der Waals surface area contributed by atoms with Gasteiger partial charge >= 0.3 is 0 Å². The Hall–Kier alpha value is -0.755. The molecule has 0 amide bonds. The highest BCUT2D eigenvalue weighted by molar-refractivity contribution is 6.33. The first-order chi connectivity index (χ1) is 5.77. The summed E-state index contributed by atoms with van der Waals surface area (Å²) in [4.78, 5) is 2.32. The van der Waals surface area contributed by atoms with Crippen LogP contribution in [0, 0.1) is 0 Å². The van der Waals surface area contributed by atoms with E-state index in [2.05, 4.69) is 18.0 Å². The van der Waals surface area contributed by atoms with Gasteiger partial charge in [-0.15, -0.1) is 0 Å². The first-order valence-corrected chi connectivity index (χ1v) is 4.32. The minimum absolute atomic E-state index is 0.959. The van der Waals surface area contributed by atoms with Crippen LogP contribution in [-0.2, 0) is 13.0 Å². The van der Waals surface area contributed by atoms with E-state index < -0.39 is 0 Å². The molecular weight excluding hydrogens is 145 g/mol. The largest absolute Gasteiger partial charge is 0.302 e. The van der Waals surface area contributed by atoms with Crippen molar-refractivity contribution in [3.8, 4) is 0 Å². The molecule has 0 fully saturated rings. The van der Waals surface area contributed by atoms with Crippen molar-refractivity contribution in [3.63, 3.8) is 0 Å². The van der Waals surface area contributed by atoms with Gasteiger partial charge in [0, 0.05) is 13.1 Å². The molecule has 1 heterocycles. The lowest BCUT2D eigenvalue weighted by molar-refractivity contribution is 0.313. The van der Waals surface area contributed by atoms with Crippen LogP contribution in [0.4, 0.5) is 0 Å². The Balaban J connectivity index is 2.42. The Morgan fingerprint density at radius 2 is 2.25 bits per heavy atom. The number of benzene rings is 1. The van der Waals surface area contributed by atoms with Crippen LogP contribution < -0.4 is 5.46 Å². The number of nitrogens with zero attached hydrogens (tertiary/aromatic N) is 1. The summed E-state index contributed by atoms with van der Waals surface area (Å²) in [5.74, 6) is 0. The highest BCUT2D eigenvalue weighted by Crippen LogP contribution is 2.14. The SMILES string of the molecule is [B]c1cccc2c1CCN(C)C2. The van der Waals surface area contributed by atoms with Gasteiger partial charge in [0.2, 0.25) is 0 Å². The predicted octanol–water partition coefficient (Wildman–Crippen LogP) is 0.468. The van der Waals surface area contributed by atoms with Crippen molar-refractivity contribution in [2.75, 3.05) is 13.6 Å². The molecule has 1 aromatic rings. The molecule has 0 saturated carbocycles. The normalized spacial score (nSPS) is 17.4. The number of rotatable bonds is 0. The van der Waals surface area contributed by atoms with Gasteiger partial charge in [0.1, 0.15) is 7.85 Å². The summed E-state index contributed by atoms with van der Waals surface area (Å²) < 4.78 is 0. The molecule has 0 N–H and O–H groups in total. The molecule has 2 rings (SSSR count). The zero-order valence-corrected chi connectivity index (χ0v) is 7.38. The van der Waals surface area contributed by atoms with Gasteiger partial charge < -0.3 is 4.90 Å². The van der Waals surface area contributed by atoms with E-state index >= 15 is 0 Å². The van der Waals surface area contributed by atoms with Gasteiger partial charge in [-0.3, -0.25) is 0 Å². The third-order valence-corrected chi connectivity index (χ3v) is 2.49. The third kappa shape index (κ3) is 1.27. The molecule has 12 heavy (non-hydrogen) atoms. The van der Waals surface area contributed by atoms with E-state index in [1.807, 2.05) is 12.1 Å². The minimum atomic E-state index is 0.959. The Morgan fingerprint density at radius 3 is 3.08 bits per heavy atom. The summed E-state index contributed by atoms with van der Waals surface area (Å²) in [5.41, 5.74) is 3.71. The lowest BCUT2D eigenvalue weighted by Gasteiger charge is -2.26. The van der Waals surface area contributed by atoms with Crippen molar-refractivity contribution in [1.29, 1.82) is 0 Å². The maximum atomic E-state index is 5.87. The highest BCUT2D eigenvalue weighted by atomic mass is 15.1. The first-order valence-electron chi connectivity index (χ1n) is 4.32. The summed E-state index contributed by atoms with van der Waals surface area (Å²) in [5, 5.41) is 0. The number of hydrogen-bond acceptors (Lipinski definition) is 1. The second-order valence-electron chi connectivity index (χ2n) is 3.47. The van der Waals surface area contributed by atoms with Crippen LogP contribution in [0.15, 0.2) is 18.2 Å². The van der Waals surface area contributed by atoms with Crippen LogP contribution in [0.3, 0.4) is 0 Å². The van der Waals surface area contributed by atoms with Crippen LogP contribution in [0.25, 0.3) is 0 Å². The maximum Gasteiger partial charge on any atom is 0.114 e. The van der Waals surface area contributed by atoms with E-state index in [-0.39, 0.29) is 0 Å². The Kier molecular flexibility index (Phi) is 1.93. The van der Waals surface area contributed by atoms with E-state index in [4.69, 9.17) is 7.85 Å². The molecule has 0 atom stereocenters. The summed E-state index contributed by atoms with van der Waals surface area (Å²) >= 11 is 0. The summed E-state index contributed by atoms with van der Waals surface area (Å²) in [6.07, 6.45) is 1.10. The average Bonchev–Trinajstić information content (AvgIpc) is 2.04. The fourth-order valence-corrected chi connectivity index (χ4v) is 1.78. The standard InChI is InChI=1S/C10H12BN/c1-12-6-5-9-8(7-12)3-2-4-10(9)11/h2-4H,5-7H2,1H3. The van der Waals surface area contributed by atoms with Crippen LogP contribution >= 0.6 is 0 Å². The van der Waals surface area contributed by atoms with E-state index in [0.29, 0.717) is 0 Å². The minimum Gasteiger partial charge on any atom is -0.302 e. The zero-order valence-electron chi connectivity index (χ0n) is 7.38. The van der Waals surface area contributed by atoms with Crippen LogP contribution in [0.5, 0.6) is 0 Å². The molecule has 2 heteroatoms. The lowest BCUT2D eigenvalue weighted by Crippen LogP contribution is -2.30. The van der Waals surface area contributed by atoms with E-state index in [1.54, 1.807) is 0 Å². The van der Waals surface area contributed by atoms with Gasteiger partial charge in [0.25, 0.3) is 0 Å². The van der Waals surface area contributed by atoms with Crippen LogP contribution in [0.1, 0.15) is 11.1 Å². The van der Waals surface area contributed by atoms with Gasteiger partial charge in [0.15, 0.2) is 0 Å². The molecular formula is C10H12BN. The molecule has 60 valence electrons. The topological polar surface area (TPSA) is 3.24 Å². The quantitative estimate of drug-likeness (QED) is 0.494. The molecule has 0 aromatic heterocycles. The van der Waals surface area contributed by atoms with Crippen molar-refractivity contribution in [2.24, 2.45) is 0 Å². The lowest BCUT2D eigenvalue weighted by atomic mass is 9.84. The van der Waals surface area contributed by atoms with Crippen molar-refractivity contribution in [3.05, 3.63) is 29.3 Å². The Morgan fingerprint density at radius 1 is 1.42 bits per heavy atom. The van der Waals surface area contributed by atoms with Gasteiger partial charge in [-0.1, -0.05) is 23.7 Å². The molecule has 1 nitrogen and oxygen atoms in total. The smallest absolute Gasteiger partial charge is 0.114 e. The summed E-state index contributed by atoms with van der Waals surface area (Å²) in [6, 6.07) is 6.19. The van der Waals surface area contributed by atoms with E-state index in [0.717, 1.165) is 25.0 Å². The van der Waals surface area contributed by atoms with Crippen LogP contribution in [0.2, 0.25) is 0 Å². The van der Waals surface area contributed by atoms with Crippen molar-refractivity contribution in [2.45, 2.75) is 13.0 Å². The fourth-order valence-electron chi connectivity index (χ4n) is 1.78. The molecule has 0 spiro atoms. The molecule has 2 radical (unpaired) electrons. The van der Waals surface area contributed by atoms with Crippen molar-refractivity contribution < 1.29 is 0 Å². The Labute approximate surface area is 74.8 Å². The van der Waals surface area contributed by atoms with Crippen LogP contribution in [-0.4, -0.2) is 26.3 Å². The van der Waals surface area contributed by atoms with Crippen molar-refractivity contribution >= 4 is 13.3 Å². The van der Waals surface area contributed by atoms with Gasteiger partial charge in [-0.2, -0.15) is 0 Å². The molecule has 0 bridgehead atoms. The second-order valence-corrected chi connectivity index (χ2v) is 3.47. The predicted molar refractivity (Wildman–Crippen MR) is 51.9 cm³/mol. The first kappa shape index (κ1) is 7.87. The van der Waals surface area contributed by atoms with Gasteiger partial charge in [-0.05, 0) is 24.6 Å². The zero-order chi connectivity index (χ0) is 8.55. The van der Waals surface area contributed by atoms with E-state index in [1.165, 1.54) is 11.1 Å². The molecule has 0 saturated heterocycles. The van der Waals surface area contributed by atoms with Gasteiger partial charge in [-0.25, -0.2) is 0 Å². The number of hydrogen-bond donors (Lipinski definition) is 0. The summed E-state index contributed by atoms with van der Waals surface area (Å²) in [6.45, 7) is 2.17. The third-order valence-electron chi connectivity index (χ3n) is 2.49. The highest BCUT2D eigenvalue weighted by Gasteiger charge is 2.13. The van der Waals surface area contributed by atoms with Gasteiger partial charge in [0.05, 0.1) is 0 Å². The molecule has 1 aliphatic rings. The average molecular weight is 157 g/mol.